The lowest BCUT2D eigenvalue weighted by atomic mass is 9.92. The van der Waals surface area contributed by atoms with E-state index in [1.165, 1.54) is 0 Å². The minimum Gasteiger partial charge on any atom is -0.481 e. The second-order valence-electron chi connectivity index (χ2n) is 3.66. The molecule has 1 aromatic rings. The molecule has 1 unspecified atom stereocenters. The predicted octanol–water partition coefficient (Wildman–Crippen LogP) is 2.63. The van der Waals surface area contributed by atoms with Crippen molar-refractivity contribution in [2.45, 2.75) is 32.1 Å². The Morgan fingerprint density at radius 2 is 2.13 bits per heavy atom. The third-order valence-corrected chi connectivity index (χ3v) is 2.52. The zero-order valence-electron chi connectivity index (χ0n) is 8.94. The van der Waals surface area contributed by atoms with Gasteiger partial charge in [-0.2, -0.15) is 0 Å². The van der Waals surface area contributed by atoms with Gasteiger partial charge in [-0.1, -0.05) is 38.0 Å². The average molecular weight is 207 g/mol. The second kappa shape index (κ2) is 5.39. The molecular formula is C12H17NO2. The van der Waals surface area contributed by atoms with Crippen molar-refractivity contribution < 1.29 is 9.90 Å². The number of benzene rings is 1. The minimum absolute atomic E-state index is 0.467. The van der Waals surface area contributed by atoms with Crippen LogP contribution < -0.4 is 5.73 Å². The fourth-order valence-electron chi connectivity index (χ4n) is 1.65. The predicted molar refractivity (Wildman–Crippen MR) is 60.8 cm³/mol. The Kier molecular flexibility index (Phi) is 4.16. The topological polar surface area (TPSA) is 63.3 Å². The SMILES string of the molecule is CCCCC(C(=O)O)c1ccccc1N. The number of rotatable bonds is 5. The van der Waals surface area contributed by atoms with Gasteiger partial charge < -0.3 is 10.8 Å². The number of hydrogen-bond donors (Lipinski definition) is 2. The fraction of sp³-hybridized carbons (Fsp3) is 0.417. The number of para-hydroxylation sites is 1. The molecule has 0 spiro atoms. The number of hydrogen-bond acceptors (Lipinski definition) is 2. The van der Waals surface area contributed by atoms with Crippen LogP contribution in [0, 0.1) is 0 Å². The highest BCUT2D eigenvalue weighted by Crippen LogP contribution is 2.26. The Balaban J connectivity index is 2.89. The Bertz CT molecular complexity index is 336. The maximum Gasteiger partial charge on any atom is 0.311 e. The molecule has 0 aliphatic carbocycles. The third-order valence-electron chi connectivity index (χ3n) is 2.52. The van der Waals surface area contributed by atoms with Crippen LogP contribution in [-0.4, -0.2) is 11.1 Å². The Morgan fingerprint density at radius 1 is 1.47 bits per heavy atom. The van der Waals surface area contributed by atoms with Gasteiger partial charge in [0, 0.05) is 5.69 Å². The minimum atomic E-state index is -0.790. The van der Waals surface area contributed by atoms with Crippen molar-refractivity contribution in [1.29, 1.82) is 0 Å². The summed E-state index contributed by atoms with van der Waals surface area (Å²) in [7, 11) is 0. The number of aliphatic carboxylic acids is 1. The standard InChI is InChI=1S/C12H17NO2/c1-2-3-6-10(12(14)15)9-7-4-5-8-11(9)13/h4-5,7-8,10H,2-3,6,13H2,1H3,(H,14,15). The van der Waals surface area contributed by atoms with E-state index >= 15 is 0 Å². The summed E-state index contributed by atoms with van der Waals surface area (Å²) in [5.74, 6) is -1.26. The van der Waals surface area contributed by atoms with E-state index in [2.05, 4.69) is 0 Å². The Labute approximate surface area is 89.9 Å². The highest BCUT2D eigenvalue weighted by Gasteiger charge is 2.20. The van der Waals surface area contributed by atoms with Crippen molar-refractivity contribution in [2.75, 3.05) is 5.73 Å². The summed E-state index contributed by atoms with van der Waals surface area (Å²) in [4.78, 5) is 11.1. The molecule has 0 saturated heterocycles. The highest BCUT2D eigenvalue weighted by atomic mass is 16.4. The summed E-state index contributed by atoms with van der Waals surface area (Å²) >= 11 is 0. The van der Waals surface area contributed by atoms with Crippen LogP contribution in [-0.2, 0) is 4.79 Å². The van der Waals surface area contributed by atoms with Crippen LogP contribution in [0.2, 0.25) is 0 Å². The molecule has 1 rings (SSSR count). The van der Waals surface area contributed by atoms with Crippen molar-refractivity contribution in [3.63, 3.8) is 0 Å². The van der Waals surface area contributed by atoms with Crippen LogP contribution in [0.25, 0.3) is 0 Å². The second-order valence-corrected chi connectivity index (χ2v) is 3.66. The lowest BCUT2D eigenvalue weighted by Crippen LogP contribution is -2.13. The fourth-order valence-corrected chi connectivity index (χ4v) is 1.65. The van der Waals surface area contributed by atoms with Gasteiger partial charge in [-0.3, -0.25) is 4.79 Å². The number of carbonyl (C=O) groups is 1. The molecular weight excluding hydrogens is 190 g/mol. The van der Waals surface area contributed by atoms with Crippen molar-refractivity contribution in [1.82, 2.24) is 0 Å². The van der Waals surface area contributed by atoms with Gasteiger partial charge in [0.2, 0.25) is 0 Å². The van der Waals surface area contributed by atoms with Crippen LogP contribution in [0.4, 0.5) is 5.69 Å². The molecule has 0 aliphatic rings. The molecule has 0 saturated carbocycles. The maximum atomic E-state index is 11.1. The van der Waals surface area contributed by atoms with E-state index < -0.39 is 11.9 Å². The number of anilines is 1. The number of nitrogens with two attached hydrogens (primary N) is 1. The summed E-state index contributed by atoms with van der Waals surface area (Å²) < 4.78 is 0. The zero-order valence-corrected chi connectivity index (χ0v) is 8.94. The van der Waals surface area contributed by atoms with Crippen molar-refractivity contribution >= 4 is 11.7 Å². The maximum absolute atomic E-state index is 11.1. The van der Waals surface area contributed by atoms with E-state index in [-0.39, 0.29) is 0 Å². The monoisotopic (exact) mass is 207 g/mol. The molecule has 0 fully saturated rings. The first kappa shape index (κ1) is 11.6. The summed E-state index contributed by atoms with van der Waals surface area (Å²) in [6.45, 7) is 2.05. The molecule has 3 heteroatoms. The molecule has 82 valence electrons. The average Bonchev–Trinajstić information content (AvgIpc) is 2.20. The van der Waals surface area contributed by atoms with Gasteiger partial charge in [0.15, 0.2) is 0 Å². The van der Waals surface area contributed by atoms with Crippen LogP contribution in [0.1, 0.15) is 37.7 Å². The van der Waals surface area contributed by atoms with Crippen molar-refractivity contribution in [3.8, 4) is 0 Å². The molecule has 15 heavy (non-hydrogen) atoms. The van der Waals surface area contributed by atoms with Gasteiger partial charge in [0.05, 0.1) is 5.92 Å². The van der Waals surface area contributed by atoms with E-state index in [9.17, 15) is 4.79 Å². The number of unbranched alkanes of at least 4 members (excludes halogenated alkanes) is 1. The first-order valence-electron chi connectivity index (χ1n) is 5.24. The van der Waals surface area contributed by atoms with Crippen molar-refractivity contribution in [3.05, 3.63) is 29.8 Å². The first-order chi connectivity index (χ1) is 7.16. The zero-order chi connectivity index (χ0) is 11.3. The third kappa shape index (κ3) is 2.98. The molecule has 0 radical (unpaired) electrons. The molecule has 0 aliphatic heterocycles. The van der Waals surface area contributed by atoms with Gasteiger partial charge in [-0.25, -0.2) is 0 Å². The normalized spacial score (nSPS) is 12.3. The summed E-state index contributed by atoms with van der Waals surface area (Å²) in [5, 5.41) is 9.12. The van der Waals surface area contributed by atoms with Gasteiger partial charge in [-0.15, -0.1) is 0 Å². The van der Waals surface area contributed by atoms with Crippen LogP contribution in [0.3, 0.4) is 0 Å². The van der Waals surface area contributed by atoms with Crippen LogP contribution >= 0.6 is 0 Å². The van der Waals surface area contributed by atoms with E-state index in [0.717, 1.165) is 18.4 Å². The smallest absolute Gasteiger partial charge is 0.311 e. The highest BCUT2D eigenvalue weighted by molar-refractivity contribution is 5.78. The number of carboxylic acids is 1. The number of nitrogen functional groups attached to an aromatic ring is 1. The molecule has 0 aromatic heterocycles. The summed E-state index contributed by atoms with van der Waals surface area (Å²) in [6, 6.07) is 7.19. The molecule has 0 amide bonds. The van der Waals surface area contributed by atoms with Crippen LogP contribution in [0.5, 0.6) is 0 Å². The quantitative estimate of drug-likeness (QED) is 0.729. The Morgan fingerprint density at radius 3 is 2.67 bits per heavy atom. The lowest BCUT2D eigenvalue weighted by molar-refractivity contribution is -0.139. The van der Waals surface area contributed by atoms with Gasteiger partial charge in [0.1, 0.15) is 0 Å². The molecule has 3 N–H and O–H groups in total. The number of carboxylic acid groups (broad SMARTS) is 1. The van der Waals surface area contributed by atoms with E-state index in [1.54, 1.807) is 12.1 Å². The van der Waals surface area contributed by atoms with Gasteiger partial charge in [0.25, 0.3) is 0 Å². The van der Waals surface area contributed by atoms with E-state index in [0.29, 0.717) is 12.1 Å². The van der Waals surface area contributed by atoms with E-state index in [1.807, 2.05) is 19.1 Å². The largest absolute Gasteiger partial charge is 0.481 e. The van der Waals surface area contributed by atoms with Crippen LogP contribution in [0.15, 0.2) is 24.3 Å². The Hall–Kier alpha value is -1.51. The summed E-state index contributed by atoms with van der Waals surface area (Å²) in [5.41, 5.74) is 7.07. The first-order valence-corrected chi connectivity index (χ1v) is 5.24. The van der Waals surface area contributed by atoms with Gasteiger partial charge >= 0.3 is 5.97 Å². The molecule has 0 heterocycles. The van der Waals surface area contributed by atoms with E-state index in [4.69, 9.17) is 10.8 Å². The molecule has 3 nitrogen and oxygen atoms in total. The lowest BCUT2D eigenvalue weighted by Gasteiger charge is -2.14. The van der Waals surface area contributed by atoms with Crippen molar-refractivity contribution in [2.24, 2.45) is 0 Å². The molecule has 1 aromatic carbocycles. The molecule has 0 bridgehead atoms. The summed E-state index contributed by atoms with van der Waals surface area (Å²) in [6.07, 6.45) is 2.56. The molecule has 1 atom stereocenters. The van der Waals surface area contributed by atoms with Gasteiger partial charge in [-0.05, 0) is 18.1 Å².